The molecular weight excluding hydrogens is 256 g/mol. The molecule has 1 aliphatic heterocycles. The van der Waals surface area contributed by atoms with E-state index in [4.69, 9.17) is 9.84 Å². The van der Waals surface area contributed by atoms with Gasteiger partial charge in [-0.25, -0.2) is 4.79 Å². The summed E-state index contributed by atoms with van der Waals surface area (Å²) in [5.41, 5.74) is -3.28. The molecule has 1 aliphatic rings. The molecular formula is C11H14N2O6. The minimum absolute atomic E-state index is 0.107. The van der Waals surface area contributed by atoms with Gasteiger partial charge in [-0.1, -0.05) is 12.7 Å². The van der Waals surface area contributed by atoms with Gasteiger partial charge >= 0.3 is 5.69 Å². The van der Waals surface area contributed by atoms with Gasteiger partial charge in [0.2, 0.25) is 0 Å². The van der Waals surface area contributed by atoms with Gasteiger partial charge < -0.3 is 25.0 Å². The maximum absolute atomic E-state index is 11.8. The fourth-order valence-corrected chi connectivity index (χ4v) is 2.19. The Hall–Kier alpha value is -1.74. The normalized spacial score (nSPS) is 34.4. The van der Waals surface area contributed by atoms with Crippen LogP contribution in [0.5, 0.6) is 0 Å². The molecule has 1 aromatic heterocycles. The number of aliphatic hydroxyl groups is 3. The van der Waals surface area contributed by atoms with Crippen molar-refractivity contribution in [3.05, 3.63) is 45.3 Å². The molecule has 8 nitrogen and oxygen atoms in total. The van der Waals surface area contributed by atoms with Crippen molar-refractivity contribution >= 4 is 0 Å². The SMILES string of the molecule is C=C[C@@]1(c2c[nH]c(=O)[nH]c2=O)O[C@H](CO)[C@@H](O)[C@H]1O. The number of hydrogen-bond donors (Lipinski definition) is 5. The first-order valence-corrected chi connectivity index (χ1v) is 5.57. The van der Waals surface area contributed by atoms with Gasteiger partial charge in [0.05, 0.1) is 12.2 Å². The van der Waals surface area contributed by atoms with E-state index < -0.39 is 41.8 Å². The van der Waals surface area contributed by atoms with E-state index in [0.29, 0.717) is 0 Å². The lowest BCUT2D eigenvalue weighted by molar-refractivity contribution is -0.0669. The molecule has 1 fully saturated rings. The molecule has 0 saturated carbocycles. The molecule has 2 rings (SSSR count). The molecule has 2 heterocycles. The highest BCUT2D eigenvalue weighted by Crippen LogP contribution is 2.39. The van der Waals surface area contributed by atoms with Gasteiger partial charge in [0, 0.05) is 6.20 Å². The van der Waals surface area contributed by atoms with Crippen LogP contribution < -0.4 is 11.2 Å². The third-order valence-corrected chi connectivity index (χ3v) is 3.21. The molecule has 0 bridgehead atoms. The Morgan fingerprint density at radius 2 is 2.16 bits per heavy atom. The zero-order chi connectivity index (χ0) is 14.2. The van der Waals surface area contributed by atoms with Gasteiger partial charge in [-0.2, -0.15) is 0 Å². The van der Waals surface area contributed by atoms with Crippen LogP contribution in [-0.2, 0) is 10.3 Å². The minimum Gasteiger partial charge on any atom is -0.394 e. The summed E-state index contributed by atoms with van der Waals surface area (Å²) in [6.45, 7) is 2.95. The average Bonchev–Trinajstić information content (AvgIpc) is 2.64. The Balaban J connectivity index is 2.58. The standard InChI is InChI=1S/C11H14N2O6/c1-2-11(5-3-12-10(18)13-9(5)17)8(16)7(15)6(4-14)19-11/h2-3,6-8,14-16H,1,4H2,(H2,12,13,17,18)/t6-,7-,8-,11+/m1/s1. The van der Waals surface area contributed by atoms with Crippen molar-refractivity contribution in [3.63, 3.8) is 0 Å². The van der Waals surface area contributed by atoms with Crippen LogP contribution in [0.2, 0.25) is 0 Å². The second-order valence-corrected chi connectivity index (χ2v) is 4.26. The van der Waals surface area contributed by atoms with Crippen LogP contribution >= 0.6 is 0 Å². The van der Waals surface area contributed by atoms with E-state index in [-0.39, 0.29) is 5.56 Å². The zero-order valence-electron chi connectivity index (χ0n) is 9.87. The van der Waals surface area contributed by atoms with E-state index in [1.807, 2.05) is 4.98 Å². The van der Waals surface area contributed by atoms with E-state index in [1.165, 1.54) is 0 Å². The van der Waals surface area contributed by atoms with Crippen LogP contribution in [-0.4, -0.2) is 50.2 Å². The first kappa shape index (κ1) is 13.7. The van der Waals surface area contributed by atoms with Crippen molar-refractivity contribution in [1.29, 1.82) is 0 Å². The van der Waals surface area contributed by atoms with Crippen molar-refractivity contribution in [3.8, 4) is 0 Å². The molecule has 0 aromatic carbocycles. The molecule has 0 radical (unpaired) electrons. The second-order valence-electron chi connectivity index (χ2n) is 4.26. The van der Waals surface area contributed by atoms with Gasteiger partial charge in [-0.3, -0.25) is 9.78 Å². The minimum atomic E-state index is -1.69. The van der Waals surface area contributed by atoms with E-state index >= 15 is 0 Å². The summed E-state index contributed by atoms with van der Waals surface area (Å²) in [7, 11) is 0. The van der Waals surface area contributed by atoms with Crippen molar-refractivity contribution < 1.29 is 20.1 Å². The summed E-state index contributed by atoms with van der Waals surface area (Å²) >= 11 is 0. The molecule has 0 aliphatic carbocycles. The van der Waals surface area contributed by atoms with Crippen LogP contribution in [0.15, 0.2) is 28.4 Å². The smallest absolute Gasteiger partial charge is 0.325 e. The highest BCUT2D eigenvalue weighted by molar-refractivity contribution is 5.27. The number of H-pyrrole nitrogens is 2. The lowest BCUT2D eigenvalue weighted by Gasteiger charge is -2.27. The number of aliphatic hydroxyl groups excluding tert-OH is 3. The van der Waals surface area contributed by atoms with Crippen molar-refractivity contribution in [1.82, 2.24) is 9.97 Å². The van der Waals surface area contributed by atoms with Crippen molar-refractivity contribution in [2.45, 2.75) is 23.9 Å². The highest BCUT2D eigenvalue weighted by Gasteiger charge is 2.54. The third-order valence-electron chi connectivity index (χ3n) is 3.21. The fraction of sp³-hybridized carbons (Fsp3) is 0.455. The zero-order valence-corrected chi connectivity index (χ0v) is 9.87. The molecule has 0 spiro atoms. The Bertz CT molecular complexity index is 593. The largest absolute Gasteiger partial charge is 0.394 e. The average molecular weight is 270 g/mol. The Kier molecular flexibility index (Phi) is 3.42. The van der Waals surface area contributed by atoms with Gasteiger partial charge in [0.1, 0.15) is 23.9 Å². The van der Waals surface area contributed by atoms with Crippen LogP contribution in [0.1, 0.15) is 5.56 Å². The van der Waals surface area contributed by atoms with Crippen molar-refractivity contribution in [2.75, 3.05) is 6.61 Å². The summed E-state index contributed by atoms with van der Waals surface area (Å²) in [5, 5.41) is 28.9. The summed E-state index contributed by atoms with van der Waals surface area (Å²) in [6.07, 6.45) is -1.69. The number of hydrogen-bond acceptors (Lipinski definition) is 6. The molecule has 0 amide bonds. The maximum Gasteiger partial charge on any atom is 0.325 e. The molecule has 104 valence electrons. The van der Waals surface area contributed by atoms with Crippen LogP contribution in [0, 0.1) is 0 Å². The number of nitrogens with one attached hydrogen (secondary N) is 2. The van der Waals surface area contributed by atoms with E-state index in [1.54, 1.807) is 0 Å². The van der Waals surface area contributed by atoms with Gasteiger partial charge in [0.15, 0.2) is 0 Å². The lowest BCUT2D eigenvalue weighted by Crippen LogP contribution is -2.44. The summed E-state index contributed by atoms with van der Waals surface area (Å²) < 4.78 is 5.37. The monoisotopic (exact) mass is 270 g/mol. The molecule has 5 N–H and O–H groups in total. The molecule has 4 atom stereocenters. The Morgan fingerprint density at radius 1 is 1.47 bits per heavy atom. The van der Waals surface area contributed by atoms with E-state index in [2.05, 4.69) is 11.6 Å². The topological polar surface area (TPSA) is 136 Å². The van der Waals surface area contributed by atoms with Gasteiger partial charge in [-0.15, -0.1) is 0 Å². The molecule has 1 saturated heterocycles. The van der Waals surface area contributed by atoms with Crippen LogP contribution in [0.3, 0.4) is 0 Å². The van der Waals surface area contributed by atoms with Crippen molar-refractivity contribution in [2.24, 2.45) is 0 Å². The number of aromatic amines is 2. The predicted molar refractivity (Wildman–Crippen MR) is 63.5 cm³/mol. The predicted octanol–water partition coefficient (Wildman–Crippen LogP) is -2.44. The molecule has 0 unspecified atom stereocenters. The Labute approximate surface area is 107 Å². The Morgan fingerprint density at radius 3 is 2.63 bits per heavy atom. The first-order valence-electron chi connectivity index (χ1n) is 5.57. The van der Waals surface area contributed by atoms with Gasteiger partial charge in [0.25, 0.3) is 5.56 Å². The summed E-state index contributed by atoms with van der Waals surface area (Å²) in [5.74, 6) is 0. The summed E-state index contributed by atoms with van der Waals surface area (Å²) in [4.78, 5) is 27.0. The maximum atomic E-state index is 11.8. The molecule has 1 aromatic rings. The number of rotatable bonds is 3. The third kappa shape index (κ3) is 1.94. The first-order chi connectivity index (χ1) is 8.96. The number of ether oxygens (including phenoxy) is 1. The van der Waals surface area contributed by atoms with Crippen LogP contribution in [0.4, 0.5) is 0 Å². The van der Waals surface area contributed by atoms with E-state index in [0.717, 1.165) is 12.3 Å². The lowest BCUT2D eigenvalue weighted by atomic mass is 9.88. The highest BCUT2D eigenvalue weighted by atomic mass is 16.6. The van der Waals surface area contributed by atoms with Crippen LogP contribution in [0.25, 0.3) is 0 Å². The van der Waals surface area contributed by atoms with E-state index in [9.17, 15) is 19.8 Å². The molecule has 19 heavy (non-hydrogen) atoms. The molecule has 8 heteroatoms. The summed E-state index contributed by atoms with van der Waals surface area (Å²) in [6, 6.07) is 0. The number of aromatic nitrogens is 2. The van der Waals surface area contributed by atoms with Gasteiger partial charge in [-0.05, 0) is 0 Å². The fourth-order valence-electron chi connectivity index (χ4n) is 2.19. The second kappa shape index (κ2) is 4.74. The quantitative estimate of drug-likeness (QED) is 0.387.